The van der Waals surface area contributed by atoms with Gasteiger partial charge in [-0.05, 0) is 29.8 Å². The Labute approximate surface area is 186 Å². The number of H-pyrrole nitrogens is 1. The lowest BCUT2D eigenvalue weighted by atomic mass is 10.1. The van der Waals surface area contributed by atoms with Crippen LogP contribution < -0.4 is 15.6 Å². The maximum Gasteiger partial charge on any atom is 0.387 e. The van der Waals surface area contributed by atoms with Gasteiger partial charge in [-0.3, -0.25) is 9.59 Å². The predicted molar refractivity (Wildman–Crippen MR) is 114 cm³/mol. The SMILES string of the molecule is CC(C)C(=O)NCc1ccc(Cl)c(-c2nc(-c3ccc(OC(F)F)cc3F)cc(=O)[nH]2)c1. The average Bonchev–Trinajstić information content (AvgIpc) is 2.72. The molecular formula is C22H19ClF3N3O3. The van der Waals surface area contributed by atoms with E-state index in [-0.39, 0.29) is 46.2 Å². The summed E-state index contributed by atoms with van der Waals surface area (Å²) in [6.07, 6.45) is 0. The highest BCUT2D eigenvalue weighted by Crippen LogP contribution is 2.29. The van der Waals surface area contributed by atoms with Crippen molar-refractivity contribution in [3.05, 3.63) is 69.2 Å². The number of ether oxygens (including phenoxy) is 1. The Balaban J connectivity index is 1.96. The molecule has 0 aliphatic carbocycles. The van der Waals surface area contributed by atoms with Gasteiger partial charge in [0.05, 0.1) is 10.7 Å². The third-order valence-corrected chi connectivity index (χ3v) is 4.79. The molecule has 10 heteroatoms. The minimum Gasteiger partial charge on any atom is -0.435 e. The zero-order valence-electron chi connectivity index (χ0n) is 17.1. The van der Waals surface area contributed by atoms with E-state index >= 15 is 0 Å². The number of amides is 1. The molecule has 1 aromatic heterocycles. The molecule has 1 amide bonds. The number of hydrogen-bond acceptors (Lipinski definition) is 4. The second kappa shape index (κ2) is 9.86. The fourth-order valence-electron chi connectivity index (χ4n) is 2.86. The number of hydrogen-bond donors (Lipinski definition) is 2. The predicted octanol–water partition coefficient (Wildman–Crippen LogP) is 4.77. The quantitative estimate of drug-likeness (QED) is 0.526. The summed E-state index contributed by atoms with van der Waals surface area (Å²) in [6.45, 7) is 0.692. The molecule has 3 aromatic rings. The summed E-state index contributed by atoms with van der Waals surface area (Å²) in [4.78, 5) is 30.9. The Bertz CT molecular complexity index is 1200. The van der Waals surface area contributed by atoms with Crippen molar-refractivity contribution in [3.63, 3.8) is 0 Å². The summed E-state index contributed by atoms with van der Waals surface area (Å²) in [6, 6.07) is 9.18. The highest BCUT2D eigenvalue weighted by molar-refractivity contribution is 6.33. The van der Waals surface area contributed by atoms with Crippen molar-refractivity contribution in [2.75, 3.05) is 0 Å². The van der Waals surface area contributed by atoms with Crippen molar-refractivity contribution in [1.82, 2.24) is 15.3 Å². The highest BCUT2D eigenvalue weighted by Gasteiger charge is 2.15. The molecule has 0 aliphatic rings. The number of rotatable bonds is 7. The summed E-state index contributed by atoms with van der Waals surface area (Å²) in [5.74, 6) is -1.45. The van der Waals surface area contributed by atoms with E-state index in [2.05, 4.69) is 20.0 Å². The van der Waals surface area contributed by atoms with Crippen LogP contribution >= 0.6 is 11.6 Å². The molecule has 0 bridgehead atoms. The fraction of sp³-hybridized carbons (Fsp3) is 0.227. The molecule has 32 heavy (non-hydrogen) atoms. The van der Waals surface area contributed by atoms with Gasteiger partial charge < -0.3 is 15.0 Å². The van der Waals surface area contributed by atoms with E-state index < -0.39 is 18.0 Å². The molecule has 0 saturated carbocycles. The zero-order chi connectivity index (χ0) is 23.4. The number of nitrogens with one attached hydrogen (secondary N) is 2. The van der Waals surface area contributed by atoms with Crippen LogP contribution in [-0.4, -0.2) is 22.5 Å². The standard InChI is InChI=1S/C22H19ClF3N3O3/c1-11(2)21(31)27-10-12-3-6-16(23)15(7-12)20-28-18(9-19(30)29-20)14-5-4-13(8-17(14)24)32-22(25)26/h3-9,11,22H,10H2,1-2H3,(H,27,31)(H,28,29,30). The summed E-state index contributed by atoms with van der Waals surface area (Å²) in [5, 5.41) is 3.06. The minimum atomic E-state index is -3.09. The van der Waals surface area contributed by atoms with E-state index in [1.165, 1.54) is 6.07 Å². The van der Waals surface area contributed by atoms with E-state index in [0.717, 1.165) is 18.2 Å². The second-order valence-corrected chi connectivity index (χ2v) is 7.59. The van der Waals surface area contributed by atoms with Gasteiger partial charge in [-0.2, -0.15) is 8.78 Å². The van der Waals surface area contributed by atoms with E-state index in [9.17, 15) is 22.8 Å². The molecule has 0 aliphatic heterocycles. The number of alkyl halides is 2. The maximum atomic E-state index is 14.5. The molecule has 0 atom stereocenters. The minimum absolute atomic E-state index is 0.0144. The summed E-state index contributed by atoms with van der Waals surface area (Å²) in [7, 11) is 0. The van der Waals surface area contributed by atoms with Gasteiger partial charge in [0.1, 0.15) is 17.4 Å². The van der Waals surface area contributed by atoms with E-state index in [1.807, 2.05) is 0 Å². The van der Waals surface area contributed by atoms with Crippen molar-refractivity contribution in [2.24, 2.45) is 5.92 Å². The van der Waals surface area contributed by atoms with Crippen LogP contribution in [0.5, 0.6) is 5.75 Å². The van der Waals surface area contributed by atoms with E-state index in [0.29, 0.717) is 11.1 Å². The molecule has 3 rings (SSSR count). The first kappa shape index (κ1) is 23.3. The number of carbonyl (C=O) groups excluding carboxylic acids is 1. The van der Waals surface area contributed by atoms with Crippen molar-refractivity contribution >= 4 is 17.5 Å². The summed E-state index contributed by atoms with van der Waals surface area (Å²) < 4.78 is 43.4. The van der Waals surface area contributed by atoms with Gasteiger partial charge in [-0.15, -0.1) is 0 Å². The van der Waals surface area contributed by atoms with Gasteiger partial charge in [0, 0.05) is 35.7 Å². The number of aromatic nitrogens is 2. The Hall–Kier alpha value is -3.33. The Morgan fingerprint density at radius 2 is 1.91 bits per heavy atom. The van der Waals surface area contributed by atoms with Crippen molar-refractivity contribution in [1.29, 1.82) is 0 Å². The van der Waals surface area contributed by atoms with Gasteiger partial charge in [-0.25, -0.2) is 9.37 Å². The number of halogens is 4. The Morgan fingerprint density at radius 3 is 2.56 bits per heavy atom. The van der Waals surface area contributed by atoms with Gasteiger partial charge in [0.15, 0.2) is 0 Å². The third-order valence-electron chi connectivity index (χ3n) is 4.46. The third kappa shape index (κ3) is 5.67. The smallest absolute Gasteiger partial charge is 0.387 e. The lowest BCUT2D eigenvalue weighted by Crippen LogP contribution is -2.27. The summed E-state index contributed by atoms with van der Waals surface area (Å²) in [5.41, 5.74) is 0.438. The van der Waals surface area contributed by atoms with E-state index in [1.54, 1.807) is 32.0 Å². The molecule has 6 nitrogen and oxygen atoms in total. The van der Waals surface area contributed by atoms with Crippen LogP contribution in [0.3, 0.4) is 0 Å². The number of benzene rings is 2. The number of nitrogens with zero attached hydrogens (tertiary/aromatic N) is 1. The molecule has 0 saturated heterocycles. The molecule has 2 N–H and O–H groups in total. The lowest BCUT2D eigenvalue weighted by Gasteiger charge is -2.11. The van der Waals surface area contributed by atoms with Crippen LogP contribution in [0, 0.1) is 11.7 Å². The monoisotopic (exact) mass is 465 g/mol. The molecule has 0 spiro atoms. The maximum absolute atomic E-state index is 14.5. The molecular weight excluding hydrogens is 447 g/mol. The van der Waals surface area contributed by atoms with Crippen LogP contribution in [0.15, 0.2) is 47.3 Å². The first-order valence-corrected chi connectivity index (χ1v) is 9.94. The van der Waals surface area contributed by atoms with Crippen molar-refractivity contribution in [2.45, 2.75) is 27.0 Å². The highest BCUT2D eigenvalue weighted by atomic mass is 35.5. The van der Waals surface area contributed by atoms with Gasteiger partial charge in [0.2, 0.25) is 5.91 Å². The molecule has 168 valence electrons. The normalized spacial score (nSPS) is 11.1. The second-order valence-electron chi connectivity index (χ2n) is 7.19. The molecule has 1 heterocycles. The van der Waals surface area contributed by atoms with Gasteiger partial charge >= 0.3 is 6.61 Å². The topological polar surface area (TPSA) is 84.1 Å². The lowest BCUT2D eigenvalue weighted by molar-refractivity contribution is -0.124. The van der Waals surface area contributed by atoms with E-state index in [4.69, 9.17) is 11.6 Å². The van der Waals surface area contributed by atoms with Crippen LogP contribution in [0.4, 0.5) is 13.2 Å². The van der Waals surface area contributed by atoms with Crippen molar-refractivity contribution < 1.29 is 22.7 Å². The molecule has 2 aromatic carbocycles. The Morgan fingerprint density at radius 1 is 1.16 bits per heavy atom. The van der Waals surface area contributed by atoms with Crippen LogP contribution in [-0.2, 0) is 11.3 Å². The summed E-state index contributed by atoms with van der Waals surface area (Å²) >= 11 is 6.28. The largest absolute Gasteiger partial charge is 0.435 e. The fourth-order valence-corrected chi connectivity index (χ4v) is 3.07. The van der Waals surface area contributed by atoms with Crippen LogP contribution in [0.1, 0.15) is 19.4 Å². The first-order chi connectivity index (χ1) is 15.1. The van der Waals surface area contributed by atoms with Crippen LogP contribution in [0.25, 0.3) is 22.6 Å². The van der Waals surface area contributed by atoms with Crippen LogP contribution in [0.2, 0.25) is 5.02 Å². The molecule has 0 fully saturated rings. The van der Waals surface area contributed by atoms with Gasteiger partial charge in [-0.1, -0.05) is 31.5 Å². The number of aromatic amines is 1. The van der Waals surface area contributed by atoms with Gasteiger partial charge in [0.25, 0.3) is 5.56 Å². The number of carbonyl (C=O) groups is 1. The molecule has 0 radical (unpaired) electrons. The first-order valence-electron chi connectivity index (χ1n) is 9.56. The zero-order valence-corrected chi connectivity index (χ0v) is 17.8. The van der Waals surface area contributed by atoms with Crippen molar-refractivity contribution in [3.8, 4) is 28.4 Å². The average molecular weight is 466 g/mol. The Kier molecular flexibility index (Phi) is 7.19. The molecule has 0 unspecified atom stereocenters.